The van der Waals surface area contributed by atoms with Crippen molar-refractivity contribution in [3.63, 3.8) is 0 Å². The summed E-state index contributed by atoms with van der Waals surface area (Å²) in [5, 5.41) is 3.71. The molecular weight excluding hydrogens is 454 g/mol. The normalized spacial score (nSPS) is 15.4. The summed E-state index contributed by atoms with van der Waals surface area (Å²) in [6.45, 7) is 3.76. The van der Waals surface area contributed by atoms with E-state index in [1.54, 1.807) is 49.0 Å². The number of carbonyl (C=O) groups excluding carboxylic acids is 1. The third-order valence-electron chi connectivity index (χ3n) is 6.37. The van der Waals surface area contributed by atoms with Gasteiger partial charge in [-0.3, -0.25) is 4.79 Å². The number of piperidine rings is 1. The molecule has 3 aromatic rings. The molecule has 0 saturated carbocycles. The van der Waals surface area contributed by atoms with Gasteiger partial charge in [-0.2, -0.15) is 4.31 Å². The van der Waals surface area contributed by atoms with E-state index in [0.29, 0.717) is 41.9 Å². The number of methoxy groups -OCH3 is 2. The van der Waals surface area contributed by atoms with E-state index in [9.17, 15) is 13.2 Å². The Labute approximate surface area is 200 Å². The van der Waals surface area contributed by atoms with Crippen LogP contribution >= 0.6 is 0 Å². The zero-order valence-corrected chi connectivity index (χ0v) is 20.6. The first-order valence-electron chi connectivity index (χ1n) is 11.4. The van der Waals surface area contributed by atoms with Crippen LogP contribution < -0.4 is 14.8 Å². The molecule has 0 bridgehead atoms. The van der Waals surface area contributed by atoms with E-state index in [-0.39, 0.29) is 12.5 Å². The second kappa shape index (κ2) is 10.1. The van der Waals surface area contributed by atoms with Crippen LogP contribution in [0, 0.1) is 5.92 Å². The van der Waals surface area contributed by atoms with Gasteiger partial charge in [-0.25, -0.2) is 8.42 Å². The fourth-order valence-electron chi connectivity index (χ4n) is 4.25. The Hall–Kier alpha value is -3.04. The van der Waals surface area contributed by atoms with Crippen LogP contribution in [-0.4, -0.2) is 50.5 Å². The summed E-state index contributed by atoms with van der Waals surface area (Å²) in [6, 6.07) is 12.4. The van der Waals surface area contributed by atoms with Crippen LogP contribution in [0.5, 0.6) is 11.5 Å². The van der Waals surface area contributed by atoms with Gasteiger partial charge in [0.05, 0.1) is 19.1 Å². The maximum absolute atomic E-state index is 13.1. The Morgan fingerprint density at radius 3 is 2.47 bits per heavy atom. The summed E-state index contributed by atoms with van der Waals surface area (Å²) >= 11 is 0. The maximum atomic E-state index is 13.1. The number of aromatic nitrogens is 1. The fourth-order valence-corrected chi connectivity index (χ4v) is 5.76. The van der Waals surface area contributed by atoms with Crippen LogP contribution in [0.15, 0.2) is 53.6 Å². The first-order valence-corrected chi connectivity index (χ1v) is 12.8. The third-order valence-corrected chi connectivity index (χ3v) is 8.27. The number of carbonyl (C=O) groups is 1. The van der Waals surface area contributed by atoms with Crippen LogP contribution in [0.3, 0.4) is 0 Å². The monoisotopic (exact) mass is 485 g/mol. The molecule has 1 aromatic heterocycles. The topological polar surface area (TPSA) is 89.9 Å². The Balaban J connectivity index is 1.43. The standard InChI is InChI=1S/C25H31N3O5S/c1-18-8-12-28(13-9-18)34(30,31)21-5-6-22-20(15-21)10-11-27(22)17-25(29)26-16-19-4-7-23(32-2)24(14-19)33-3/h4-7,10-11,14-15,18H,8-9,12-13,16-17H2,1-3H3,(H,26,29). The van der Waals surface area contributed by atoms with E-state index < -0.39 is 10.0 Å². The molecule has 8 nitrogen and oxygen atoms in total. The molecule has 2 aromatic carbocycles. The molecule has 182 valence electrons. The van der Waals surface area contributed by atoms with E-state index in [2.05, 4.69) is 12.2 Å². The lowest BCUT2D eigenvalue weighted by molar-refractivity contribution is -0.121. The van der Waals surface area contributed by atoms with Crippen molar-refractivity contribution < 1.29 is 22.7 Å². The second-order valence-corrected chi connectivity index (χ2v) is 10.7. The molecule has 0 atom stereocenters. The van der Waals surface area contributed by atoms with E-state index >= 15 is 0 Å². The molecule has 0 radical (unpaired) electrons. The zero-order valence-electron chi connectivity index (χ0n) is 19.8. The van der Waals surface area contributed by atoms with Gasteiger partial charge in [-0.05, 0) is 60.7 Å². The Morgan fingerprint density at radius 2 is 1.76 bits per heavy atom. The molecule has 0 unspecified atom stereocenters. The Bertz CT molecular complexity index is 1280. The first-order chi connectivity index (χ1) is 16.3. The summed E-state index contributed by atoms with van der Waals surface area (Å²) in [5.74, 6) is 1.65. The number of hydrogen-bond donors (Lipinski definition) is 1. The van der Waals surface area contributed by atoms with Crippen LogP contribution in [0.25, 0.3) is 10.9 Å². The molecule has 9 heteroatoms. The summed E-state index contributed by atoms with van der Waals surface area (Å²) in [5.41, 5.74) is 1.71. The van der Waals surface area contributed by atoms with E-state index in [0.717, 1.165) is 29.3 Å². The molecular formula is C25H31N3O5S. The molecule has 4 rings (SSSR count). The van der Waals surface area contributed by atoms with Gasteiger partial charge in [0.2, 0.25) is 15.9 Å². The van der Waals surface area contributed by atoms with Gasteiger partial charge >= 0.3 is 0 Å². The Kier molecular flexibility index (Phi) is 7.13. The van der Waals surface area contributed by atoms with Gasteiger partial charge in [-0.15, -0.1) is 0 Å². The fraction of sp³-hybridized carbons (Fsp3) is 0.400. The van der Waals surface area contributed by atoms with E-state index in [1.165, 1.54) is 0 Å². The van der Waals surface area contributed by atoms with E-state index in [1.807, 2.05) is 22.8 Å². The van der Waals surface area contributed by atoms with Crippen molar-refractivity contribution in [2.24, 2.45) is 5.92 Å². The lowest BCUT2D eigenvalue weighted by Gasteiger charge is -2.29. The number of rotatable bonds is 8. The SMILES string of the molecule is COc1ccc(CNC(=O)Cn2ccc3cc(S(=O)(=O)N4CCC(C)CC4)ccc32)cc1OC. The smallest absolute Gasteiger partial charge is 0.243 e. The van der Waals surface area contributed by atoms with Crippen molar-refractivity contribution in [3.8, 4) is 11.5 Å². The number of nitrogens with one attached hydrogen (secondary N) is 1. The summed E-state index contributed by atoms with van der Waals surface area (Å²) in [4.78, 5) is 12.9. The Morgan fingerprint density at radius 1 is 1.03 bits per heavy atom. The number of nitrogens with zero attached hydrogens (tertiary/aromatic N) is 2. The number of fused-ring (bicyclic) bond motifs is 1. The highest BCUT2D eigenvalue weighted by Gasteiger charge is 2.28. The van der Waals surface area contributed by atoms with Crippen molar-refractivity contribution >= 4 is 26.8 Å². The van der Waals surface area contributed by atoms with E-state index in [4.69, 9.17) is 9.47 Å². The molecule has 2 heterocycles. The van der Waals surface area contributed by atoms with Crippen LogP contribution in [-0.2, 0) is 27.9 Å². The van der Waals surface area contributed by atoms with Gasteiger partial charge in [0.1, 0.15) is 6.54 Å². The van der Waals surface area contributed by atoms with Crippen LogP contribution in [0.4, 0.5) is 0 Å². The van der Waals surface area contributed by atoms with Crippen LogP contribution in [0.1, 0.15) is 25.3 Å². The minimum absolute atomic E-state index is 0.132. The van der Waals surface area contributed by atoms with Crippen molar-refractivity contribution in [1.82, 2.24) is 14.2 Å². The molecule has 0 spiro atoms. The molecule has 0 aliphatic carbocycles. The molecule has 1 fully saturated rings. The number of amides is 1. The predicted octanol–water partition coefficient (Wildman–Crippen LogP) is 3.40. The average Bonchev–Trinajstić information content (AvgIpc) is 3.24. The maximum Gasteiger partial charge on any atom is 0.243 e. The summed E-state index contributed by atoms with van der Waals surface area (Å²) < 4.78 is 40.1. The first kappa shape index (κ1) is 24.1. The number of ether oxygens (including phenoxy) is 2. The van der Waals surface area contributed by atoms with Crippen molar-refractivity contribution in [1.29, 1.82) is 0 Å². The zero-order chi connectivity index (χ0) is 24.3. The van der Waals surface area contributed by atoms with Gasteiger partial charge in [0, 0.05) is 36.7 Å². The third kappa shape index (κ3) is 5.05. The average molecular weight is 486 g/mol. The quantitative estimate of drug-likeness (QED) is 0.528. The van der Waals surface area contributed by atoms with Gasteiger partial charge in [0.15, 0.2) is 11.5 Å². The molecule has 1 aliphatic heterocycles. The van der Waals surface area contributed by atoms with Crippen molar-refractivity contribution in [2.45, 2.75) is 37.8 Å². The molecule has 1 amide bonds. The molecule has 1 aliphatic rings. The highest BCUT2D eigenvalue weighted by Crippen LogP contribution is 2.28. The number of hydrogen-bond acceptors (Lipinski definition) is 5. The van der Waals surface area contributed by atoms with Crippen LogP contribution in [0.2, 0.25) is 0 Å². The van der Waals surface area contributed by atoms with Crippen molar-refractivity contribution in [3.05, 3.63) is 54.2 Å². The largest absolute Gasteiger partial charge is 0.493 e. The molecule has 34 heavy (non-hydrogen) atoms. The minimum atomic E-state index is -3.52. The predicted molar refractivity (Wildman–Crippen MR) is 130 cm³/mol. The number of sulfonamides is 1. The van der Waals surface area contributed by atoms with Gasteiger partial charge in [-0.1, -0.05) is 13.0 Å². The lowest BCUT2D eigenvalue weighted by atomic mass is 10.0. The highest BCUT2D eigenvalue weighted by atomic mass is 32.2. The molecule has 1 N–H and O–H groups in total. The second-order valence-electron chi connectivity index (χ2n) is 8.72. The minimum Gasteiger partial charge on any atom is -0.493 e. The van der Waals surface area contributed by atoms with Crippen molar-refractivity contribution in [2.75, 3.05) is 27.3 Å². The summed E-state index contributed by atoms with van der Waals surface area (Å²) in [7, 11) is -0.368. The van der Waals surface area contributed by atoms with Gasteiger partial charge < -0.3 is 19.4 Å². The highest BCUT2D eigenvalue weighted by molar-refractivity contribution is 7.89. The molecule has 1 saturated heterocycles. The lowest BCUT2D eigenvalue weighted by Crippen LogP contribution is -2.37. The number of benzene rings is 2. The summed E-state index contributed by atoms with van der Waals surface area (Å²) in [6.07, 6.45) is 3.58. The van der Waals surface area contributed by atoms with Gasteiger partial charge in [0.25, 0.3) is 0 Å².